The minimum atomic E-state index is -1.29. The van der Waals surface area contributed by atoms with Gasteiger partial charge in [-0.1, -0.05) is 11.6 Å². The van der Waals surface area contributed by atoms with Crippen molar-refractivity contribution in [3.8, 4) is 0 Å². The molecule has 88 valence electrons. The van der Waals surface area contributed by atoms with Gasteiger partial charge in [-0.05, 0) is 25.8 Å². The first-order valence-electron chi connectivity index (χ1n) is 4.89. The summed E-state index contributed by atoms with van der Waals surface area (Å²) in [6, 6.07) is 0. The second kappa shape index (κ2) is 4.49. The molecule has 0 heterocycles. The molecule has 1 unspecified atom stereocenters. The van der Waals surface area contributed by atoms with Gasteiger partial charge in [0.25, 0.3) is 0 Å². The molecule has 0 aromatic carbocycles. The zero-order valence-electron chi connectivity index (χ0n) is 8.93. The predicted octanol–water partition coefficient (Wildman–Crippen LogP) is 0.801. The number of allylic oxidation sites excluding steroid dienone is 2. The molecule has 1 rings (SSSR count). The Kier molecular flexibility index (Phi) is 3.49. The van der Waals surface area contributed by atoms with Crippen LogP contribution in [0.25, 0.3) is 0 Å². The molecule has 0 amide bonds. The van der Waals surface area contributed by atoms with E-state index in [1.165, 1.54) is 12.2 Å². The van der Waals surface area contributed by atoms with E-state index in [2.05, 4.69) is 0 Å². The maximum atomic E-state index is 11.2. The molecular formula is C11H14O5. The van der Waals surface area contributed by atoms with Crippen molar-refractivity contribution in [2.24, 2.45) is 5.41 Å². The van der Waals surface area contributed by atoms with E-state index in [4.69, 9.17) is 15.3 Å². The third kappa shape index (κ3) is 2.30. The van der Waals surface area contributed by atoms with Crippen molar-refractivity contribution in [3.05, 3.63) is 23.3 Å². The van der Waals surface area contributed by atoms with Crippen LogP contribution < -0.4 is 0 Å². The van der Waals surface area contributed by atoms with E-state index in [0.29, 0.717) is 5.57 Å². The van der Waals surface area contributed by atoms with Gasteiger partial charge in [-0.2, -0.15) is 0 Å². The van der Waals surface area contributed by atoms with Crippen LogP contribution >= 0.6 is 0 Å². The molecule has 0 fully saturated rings. The Bertz CT molecular complexity index is 380. The summed E-state index contributed by atoms with van der Waals surface area (Å²) in [5.41, 5.74) is -0.628. The predicted molar refractivity (Wildman–Crippen MR) is 55.9 cm³/mol. The van der Waals surface area contributed by atoms with Crippen LogP contribution in [-0.4, -0.2) is 33.9 Å². The fraction of sp³-hybridized carbons (Fsp3) is 0.455. The summed E-state index contributed by atoms with van der Waals surface area (Å²) in [5.74, 6) is -2.22. The average molecular weight is 226 g/mol. The minimum Gasteiger partial charge on any atom is -0.481 e. The van der Waals surface area contributed by atoms with Crippen LogP contribution in [0.15, 0.2) is 23.3 Å². The molecule has 3 N–H and O–H groups in total. The minimum absolute atomic E-state index is 0.0181. The maximum absolute atomic E-state index is 11.2. The average Bonchev–Trinajstić information content (AvgIpc) is 2.16. The summed E-state index contributed by atoms with van der Waals surface area (Å²) in [4.78, 5) is 22.1. The lowest BCUT2D eigenvalue weighted by Crippen LogP contribution is -2.33. The van der Waals surface area contributed by atoms with Crippen molar-refractivity contribution < 1.29 is 24.9 Å². The van der Waals surface area contributed by atoms with Gasteiger partial charge >= 0.3 is 11.9 Å². The normalized spacial score (nSPS) is 24.6. The van der Waals surface area contributed by atoms with Crippen LogP contribution in [0.4, 0.5) is 0 Å². The fourth-order valence-electron chi connectivity index (χ4n) is 1.94. The molecular weight excluding hydrogens is 212 g/mol. The maximum Gasteiger partial charge on any atom is 0.331 e. The first-order chi connectivity index (χ1) is 7.41. The van der Waals surface area contributed by atoms with Gasteiger partial charge in [-0.25, -0.2) is 4.79 Å². The van der Waals surface area contributed by atoms with E-state index in [1.807, 2.05) is 0 Å². The van der Waals surface area contributed by atoms with Gasteiger partial charge in [-0.15, -0.1) is 0 Å². The molecule has 0 saturated carbocycles. The highest BCUT2D eigenvalue weighted by Gasteiger charge is 2.39. The lowest BCUT2D eigenvalue weighted by Gasteiger charge is -2.29. The molecule has 0 aromatic rings. The summed E-state index contributed by atoms with van der Waals surface area (Å²) in [6.07, 6.45) is 2.90. The molecule has 0 spiro atoms. The Morgan fingerprint density at radius 3 is 2.50 bits per heavy atom. The zero-order chi connectivity index (χ0) is 12.3. The van der Waals surface area contributed by atoms with Crippen molar-refractivity contribution >= 4 is 11.9 Å². The Morgan fingerprint density at radius 2 is 2.06 bits per heavy atom. The topological polar surface area (TPSA) is 94.8 Å². The molecule has 0 saturated heterocycles. The monoisotopic (exact) mass is 226 g/mol. The number of hydrogen-bond acceptors (Lipinski definition) is 3. The first kappa shape index (κ1) is 12.4. The van der Waals surface area contributed by atoms with Crippen LogP contribution in [0.1, 0.15) is 19.8 Å². The number of hydrogen-bond donors (Lipinski definition) is 3. The molecule has 1 aliphatic rings. The van der Waals surface area contributed by atoms with E-state index >= 15 is 0 Å². The van der Waals surface area contributed by atoms with Crippen molar-refractivity contribution in [1.29, 1.82) is 0 Å². The van der Waals surface area contributed by atoms with Crippen LogP contribution in [0.2, 0.25) is 0 Å². The quantitative estimate of drug-likeness (QED) is 0.659. The molecule has 1 atom stereocenters. The number of carbonyl (C=O) groups is 2. The third-order valence-corrected chi connectivity index (χ3v) is 2.67. The van der Waals surface area contributed by atoms with Gasteiger partial charge < -0.3 is 15.3 Å². The van der Waals surface area contributed by atoms with Gasteiger partial charge in [0.2, 0.25) is 0 Å². The summed E-state index contributed by atoms with van der Waals surface area (Å²) in [5, 5.41) is 26.9. The Balaban J connectivity index is 3.12. The van der Waals surface area contributed by atoms with E-state index in [9.17, 15) is 9.59 Å². The number of aliphatic hydroxyl groups is 1. The molecule has 16 heavy (non-hydrogen) atoms. The number of rotatable bonds is 4. The number of aliphatic hydroxyl groups excluding tert-OH is 1. The second-order valence-corrected chi connectivity index (χ2v) is 3.97. The molecule has 0 aromatic heterocycles. The summed E-state index contributed by atoms with van der Waals surface area (Å²) < 4.78 is 0. The summed E-state index contributed by atoms with van der Waals surface area (Å²) >= 11 is 0. The fourth-order valence-corrected chi connectivity index (χ4v) is 1.94. The zero-order valence-corrected chi connectivity index (χ0v) is 8.93. The Morgan fingerprint density at radius 1 is 1.44 bits per heavy atom. The van der Waals surface area contributed by atoms with Crippen molar-refractivity contribution in [2.45, 2.75) is 19.8 Å². The highest BCUT2D eigenvalue weighted by Crippen LogP contribution is 2.37. The highest BCUT2D eigenvalue weighted by atomic mass is 16.4. The van der Waals surface area contributed by atoms with Crippen molar-refractivity contribution in [3.63, 3.8) is 0 Å². The van der Waals surface area contributed by atoms with E-state index in [0.717, 1.165) is 0 Å². The standard InChI is InChI=1S/C11H14O5/c1-7-4-8(9(13)14)6-11(5-7,2-3-12)10(15)16/h4-5,12H,2-3,6H2,1H3,(H,13,14)(H,15,16). The van der Waals surface area contributed by atoms with Crippen LogP contribution in [0.5, 0.6) is 0 Å². The summed E-state index contributed by atoms with van der Waals surface area (Å²) in [6.45, 7) is 1.36. The van der Waals surface area contributed by atoms with E-state index < -0.39 is 17.4 Å². The van der Waals surface area contributed by atoms with Crippen LogP contribution in [0, 0.1) is 5.41 Å². The van der Waals surface area contributed by atoms with Gasteiger partial charge in [0.15, 0.2) is 0 Å². The lowest BCUT2D eigenvalue weighted by molar-refractivity contribution is -0.147. The van der Waals surface area contributed by atoms with Crippen molar-refractivity contribution in [2.75, 3.05) is 6.61 Å². The van der Waals surface area contributed by atoms with Crippen LogP contribution in [-0.2, 0) is 9.59 Å². The molecule has 5 nitrogen and oxygen atoms in total. The summed E-state index contributed by atoms with van der Waals surface area (Å²) in [7, 11) is 0. The van der Waals surface area contributed by atoms with Gasteiger partial charge in [0.1, 0.15) is 0 Å². The van der Waals surface area contributed by atoms with Gasteiger partial charge in [0.05, 0.1) is 5.41 Å². The number of carboxylic acids is 2. The second-order valence-electron chi connectivity index (χ2n) is 3.97. The number of aliphatic carboxylic acids is 2. The Labute approximate surface area is 92.7 Å². The van der Waals surface area contributed by atoms with Crippen LogP contribution in [0.3, 0.4) is 0 Å². The molecule has 5 heteroatoms. The molecule has 1 aliphatic carbocycles. The molecule has 0 aliphatic heterocycles. The smallest absolute Gasteiger partial charge is 0.331 e. The number of carboxylic acid groups (broad SMARTS) is 2. The molecule has 0 bridgehead atoms. The van der Waals surface area contributed by atoms with E-state index in [-0.39, 0.29) is 25.0 Å². The highest BCUT2D eigenvalue weighted by molar-refractivity contribution is 5.90. The lowest BCUT2D eigenvalue weighted by atomic mass is 9.74. The van der Waals surface area contributed by atoms with Gasteiger partial charge in [0, 0.05) is 12.2 Å². The van der Waals surface area contributed by atoms with Crippen molar-refractivity contribution in [1.82, 2.24) is 0 Å². The largest absolute Gasteiger partial charge is 0.481 e. The van der Waals surface area contributed by atoms with E-state index in [1.54, 1.807) is 6.92 Å². The van der Waals surface area contributed by atoms with Gasteiger partial charge in [-0.3, -0.25) is 4.79 Å². The third-order valence-electron chi connectivity index (χ3n) is 2.67. The molecule has 0 radical (unpaired) electrons. The Hall–Kier alpha value is -1.62. The SMILES string of the molecule is CC1=CC(CCO)(C(=O)O)CC(C(=O)O)=C1. The first-order valence-corrected chi connectivity index (χ1v) is 4.89.